The molecule has 0 unspecified atom stereocenters. The monoisotopic (exact) mass is 432 g/mol. The van der Waals surface area contributed by atoms with E-state index in [1.165, 1.54) is 0 Å². The SMILES string of the molecule is O=C(OCCCCCCO)OCCCCCCOC(=O)OCC1CCC(CO)CC1. The van der Waals surface area contributed by atoms with E-state index >= 15 is 0 Å². The van der Waals surface area contributed by atoms with Crippen LogP contribution >= 0.6 is 0 Å². The molecule has 0 aromatic rings. The summed E-state index contributed by atoms with van der Waals surface area (Å²) in [5, 5.41) is 17.8. The highest BCUT2D eigenvalue weighted by Crippen LogP contribution is 2.28. The lowest BCUT2D eigenvalue weighted by atomic mass is 9.83. The van der Waals surface area contributed by atoms with Gasteiger partial charge in [-0.25, -0.2) is 9.59 Å². The average molecular weight is 433 g/mol. The molecule has 0 amide bonds. The van der Waals surface area contributed by atoms with Gasteiger partial charge in [-0.3, -0.25) is 0 Å². The molecule has 2 N–H and O–H groups in total. The van der Waals surface area contributed by atoms with Crippen LogP contribution in [0.1, 0.15) is 77.0 Å². The highest BCUT2D eigenvalue weighted by Gasteiger charge is 2.21. The minimum absolute atomic E-state index is 0.201. The van der Waals surface area contributed by atoms with Crippen LogP contribution in [0.5, 0.6) is 0 Å². The van der Waals surface area contributed by atoms with Crippen LogP contribution in [0.4, 0.5) is 9.59 Å². The molecule has 30 heavy (non-hydrogen) atoms. The molecule has 1 rings (SSSR count). The van der Waals surface area contributed by atoms with Crippen LogP contribution in [-0.4, -0.2) is 62.2 Å². The first-order valence-corrected chi connectivity index (χ1v) is 11.5. The van der Waals surface area contributed by atoms with E-state index < -0.39 is 12.3 Å². The molecule has 8 heteroatoms. The van der Waals surface area contributed by atoms with E-state index in [-0.39, 0.29) is 13.2 Å². The zero-order valence-corrected chi connectivity index (χ0v) is 18.2. The Morgan fingerprint density at radius 3 is 1.50 bits per heavy atom. The summed E-state index contributed by atoms with van der Waals surface area (Å²) in [5.41, 5.74) is 0. The van der Waals surface area contributed by atoms with Crippen molar-refractivity contribution in [3.63, 3.8) is 0 Å². The van der Waals surface area contributed by atoms with Gasteiger partial charge < -0.3 is 29.2 Å². The average Bonchev–Trinajstić information content (AvgIpc) is 2.76. The first kappa shape index (κ1) is 26.5. The van der Waals surface area contributed by atoms with Crippen molar-refractivity contribution in [3.05, 3.63) is 0 Å². The number of ether oxygens (including phenoxy) is 4. The molecule has 0 atom stereocenters. The Morgan fingerprint density at radius 1 is 0.600 bits per heavy atom. The second-order valence-electron chi connectivity index (χ2n) is 7.98. The second kappa shape index (κ2) is 18.2. The van der Waals surface area contributed by atoms with Crippen LogP contribution in [0, 0.1) is 11.8 Å². The predicted molar refractivity (Wildman–Crippen MR) is 111 cm³/mol. The summed E-state index contributed by atoms with van der Waals surface area (Å²) in [6, 6.07) is 0. The minimum atomic E-state index is -0.631. The van der Waals surface area contributed by atoms with Crippen LogP contribution in [0.25, 0.3) is 0 Å². The topological polar surface area (TPSA) is 112 Å². The first-order chi connectivity index (χ1) is 14.7. The Hall–Kier alpha value is -1.54. The smallest absolute Gasteiger partial charge is 0.434 e. The molecule has 0 bridgehead atoms. The summed E-state index contributed by atoms with van der Waals surface area (Å²) in [6.07, 6.45) is 9.37. The largest absolute Gasteiger partial charge is 0.508 e. The van der Waals surface area contributed by atoms with Gasteiger partial charge in [0.15, 0.2) is 0 Å². The molecular formula is C22H40O8. The predicted octanol–water partition coefficient (Wildman–Crippen LogP) is 4.20. The van der Waals surface area contributed by atoms with Crippen LogP contribution in [0.3, 0.4) is 0 Å². The molecule has 176 valence electrons. The highest BCUT2D eigenvalue weighted by molar-refractivity contribution is 5.60. The Labute approximate surface area is 180 Å². The number of carbonyl (C=O) groups excluding carboxylic acids is 2. The minimum Gasteiger partial charge on any atom is -0.434 e. The maximum Gasteiger partial charge on any atom is 0.508 e. The van der Waals surface area contributed by atoms with Gasteiger partial charge >= 0.3 is 12.3 Å². The van der Waals surface area contributed by atoms with Gasteiger partial charge in [0.2, 0.25) is 0 Å². The van der Waals surface area contributed by atoms with Gasteiger partial charge in [-0.2, -0.15) is 0 Å². The van der Waals surface area contributed by atoms with Crippen molar-refractivity contribution in [1.82, 2.24) is 0 Å². The molecular weight excluding hydrogens is 392 g/mol. The lowest BCUT2D eigenvalue weighted by Crippen LogP contribution is -2.22. The summed E-state index contributed by atoms with van der Waals surface area (Å²) in [4.78, 5) is 23.0. The maximum atomic E-state index is 11.6. The van der Waals surface area contributed by atoms with E-state index in [1.54, 1.807) is 0 Å². The van der Waals surface area contributed by atoms with Crippen molar-refractivity contribution in [3.8, 4) is 0 Å². The number of rotatable bonds is 16. The Balaban J connectivity index is 1.83. The summed E-state index contributed by atoms with van der Waals surface area (Å²) in [5.74, 6) is 0.773. The normalized spacial score (nSPS) is 18.6. The fourth-order valence-corrected chi connectivity index (χ4v) is 3.44. The molecule has 1 saturated carbocycles. The van der Waals surface area contributed by atoms with Crippen LogP contribution in [0.15, 0.2) is 0 Å². The van der Waals surface area contributed by atoms with E-state index in [9.17, 15) is 9.59 Å². The van der Waals surface area contributed by atoms with Crippen molar-refractivity contribution in [2.75, 3.05) is 39.6 Å². The van der Waals surface area contributed by atoms with Gasteiger partial charge in [-0.1, -0.05) is 6.42 Å². The maximum absolute atomic E-state index is 11.6. The van der Waals surface area contributed by atoms with E-state index in [0.717, 1.165) is 77.0 Å². The van der Waals surface area contributed by atoms with Gasteiger partial charge in [-0.05, 0) is 82.5 Å². The lowest BCUT2D eigenvalue weighted by Gasteiger charge is -2.26. The van der Waals surface area contributed by atoms with Crippen molar-refractivity contribution in [1.29, 1.82) is 0 Å². The molecule has 0 saturated heterocycles. The number of aliphatic hydroxyl groups is 2. The summed E-state index contributed by atoms with van der Waals surface area (Å²) in [7, 11) is 0. The zero-order valence-electron chi connectivity index (χ0n) is 18.2. The molecule has 0 aromatic heterocycles. The first-order valence-electron chi connectivity index (χ1n) is 11.5. The molecule has 1 aliphatic rings. The van der Waals surface area contributed by atoms with E-state index in [4.69, 9.17) is 29.2 Å². The molecule has 1 aliphatic carbocycles. The Bertz CT molecular complexity index is 435. The molecule has 0 aromatic carbocycles. The van der Waals surface area contributed by atoms with E-state index in [1.807, 2.05) is 0 Å². The number of aliphatic hydroxyl groups excluding tert-OH is 2. The molecule has 0 radical (unpaired) electrons. The molecule has 1 fully saturated rings. The number of hydrogen-bond donors (Lipinski definition) is 2. The van der Waals surface area contributed by atoms with Gasteiger partial charge in [0.1, 0.15) is 0 Å². The van der Waals surface area contributed by atoms with Crippen molar-refractivity contribution in [2.24, 2.45) is 11.8 Å². The summed E-state index contributed by atoms with van der Waals surface area (Å²) in [6.45, 7) is 1.85. The number of carbonyl (C=O) groups is 2. The summed E-state index contributed by atoms with van der Waals surface area (Å²) < 4.78 is 20.2. The van der Waals surface area contributed by atoms with E-state index in [0.29, 0.717) is 38.3 Å². The fraction of sp³-hybridized carbons (Fsp3) is 0.909. The standard InChI is InChI=1S/C22H40O8/c23-13-5-1-2-6-14-27-21(25)28-15-7-3-4-8-16-29-22(26)30-18-20-11-9-19(17-24)10-12-20/h19-20,23-24H,1-18H2. The van der Waals surface area contributed by atoms with Gasteiger partial charge in [0.25, 0.3) is 0 Å². The number of hydrogen-bond acceptors (Lipinski definition) is 8. The summed E-state index contributed by atoms with van der Waals surface area (Å²) >= 11 is 0. The molecule has 0 spiro atoms. The zero-order chi connectivity index (χ0) is 21.9. The van der Waals surface area contributed by atoms with Crippen LogP contribution < -0.4 is 0 Å². The quantitative estimate of drug-likeness (QED) is 0.276. The van der Waals surface area contributed by atoms with Crippen LogP contribution in [-0.2, 0) is 18.9 Å². The van der Waals surface area contributed by atoms with Crippen molar-refractivity contribution < 1.29 is 38.7 Å². The Morgan fingerprint density at radius 2 is 1.03 bits per heavy atom. The highest BCUT2D eigenvalue weighted by atomic mass is 16.7. The number of unbranched alkanes of at least 4 members (excludes halogenated alkanes) is 6. The van der Waals surface area contributed by atoms with Gasteiger partial charge in [0, 0.05) is 13.2 Å². The van der Waals surface area contributed by atoms with E-state index in [2.05, 4.69) is 0 Å². The van der Waals surface area contributed by atoms with Crippen molar-refractivity contribution in [2.45, 2.75) is 77.0 Å². The van der Waals surface area contributed by atoms with Crippen molar-refractivity contribution >= 4 is 12.3 Å². The Kier molecular flexibility index (Phi) is 16.1. The fourth-order valence-electron chi connectivity index (χ4n) is 3.44. The molecule has 0 aliphatic heterocycles. The lowest BCUT2D eigenvalue weighted by molar-refractivity contribution is 0.0340. The third kappa shape index (κ3) is 14.4. The molecule has 8 nitrogen and oxygen atoms in total. The second-order valence-corrected chi connectivity index (χ2v) is 7.98. The van der Waals surface area contributed by atoms with Gasteiger partial charge in [-0.15, -0.1) is 0 Å². The molecule has 0 heterocycles. The third-order valence-corrected chi connectivity index (χ3v) is 5.41. The van der Waals surface area contributed by atoms with Gasteiger partial charge in [0.05, 0.1) is 26.4 Å². The third-order valence-electron chi connectivity index (χ3n) is 5.41. The van der Waals surface area contributed by atoms with Crippen LogP contribution in [0.2, 0.25) is 0 Å².